The largest absolute Gasteiger partial charge is 0.254 e. The van der Waals surface area contributed by atoms with Crippen molar-refractivity contribution in [2.75, 3.05) is 0 Å². The third kappa shape index (κ3) is 2.18. The molecule has 1 nitrogen and oxygen atoms in total. The molecule has 0 radical (unpaired) electrons. The van der Waals surface area contributed by atoms with Crippen molar-refractivity contribution in [3.05, 3.63) is 29.8 Å². The van der Waals surface area contributed by atoms with E-state index in [2.05, 4.69) is 0 Å². The van der Waals surface area contributed by atoms with E-state index in [9.17, 15) is 4.21 Å². The van der Waals surface area contributed by atoms with Crippen LogP contribution in [-0.2, 0) is 10.8 Å². The van der Waals surface area contributed by atoms with Gasteiger partial charge in [0.25, 0.3) is 0 Å². The Kier molecular flexibility index (Phi) is 3.04. The molecule has 0 aliphatic rings. The molecule has 0 bridgehead atoms. The third-order valence-electron chi connectivity index (χ3n) is 1.65. The standard InChI is InChI=1S/C10H14OS/c1-8(2)12(11)10-6-4-5-9(3)7-10/h4-8H,1-3H3/t12-/m1/s1. The fraction of sp³-hybridized carbons (Fsp3) is 0.400. The van der Waals surface area contributed by atoms with Crippen LogP contribution in [0.4, 0.5) is 0 Å². The molecule has 1 atom stereocenters. The van der Waals surface area contributed by atoms with Crippen molar-refractivity contribution in [1.82, 2.24) is 0 Å². The van der Waals surface area contributed by atoms with Crippen LogP contribution in [0, 0.1) is 6.92 Å². The summed E-state index contributed by atoms with van der Waals surface area (Å²) in [4.78, 5) is 0.935. The average molecular weight is 182 g/mol. The lowest BCUT2D eigenvalue weighted by Gasteiger charge is -2.05. The molecule has 0 aliphatic carbocycles. The Morgan fingerprint density at radius 1 is 1.33 bits per heavy atom. The van der Waals surface area contributed by atoms with Crippen LogP contribution in [0.5, 0.6) is 0 Å². The van der Waals surface area contributed by atoms with Gasteiger partial charge < -0.3 is 0 Å². The maximum absolute atomic E-state index is 11.6. The normalized spacial score (nSPS) is 13.3. The third-order valence-corrected chi connectivity index (χ3v) is 3.22. The van der Waals surface area contributed by atoms with Crippen LogP contribution >= 0.6 is 0 Å². The van der Waals surface area contributed by atoms with Gasteiger partial charge in [-0.15, -0.1) is 0 Å². The van der Waals surface area contributed by atoms with Crippen molar-refractivity contribution in [2.45, 2.75) is 30.9 Å². The SMILES string of the molecule is Cc1cccc([S@](=O)C(C)C)c1. The Morgan fingerprint density at radius 2 is 2.00 bits per heavy atom. The molecule has 1 aromatic carbocycles. The van der Waals surface area contributed by atoms with Gasteiger partial charge in [-0.05, 0) is 24.6 Å². The predicted molar refractivity (Wildman–Crippen MR) is 52.7 cm³/mol. The maximum atomic E-state index is 11.6. The minimum Gasteiger partial charge on any atom is -0.254 e. The second-order valence-corrected chi connectivity index (χ2v) is 5.17. The number of hydrogen-bond donors (Lipinski definition) is 0. The molecule has 0 heterocycles. The van der Waals surface area contributed by atoms with Crippen LogP contribution in [-0.4, -0.2) is 9.46 Å². The molecule has 0 spiro atoms. The van der Waals surface area contributed by atoms with Gasteiger partial charge in [-0.2, -0.15) is 0 Å². The van der Waals surface area contributed by atoms with Gasteiger partial charge in [-0.25, -0.2) is 0 Å². The molecule has 0 fully saturated rings. The van der Waals surface area contributed by atoms with Crippen LogP contribution in [0.3, 0.4) is 0 Å². The molecular weight excluding hydrogens is 168 g/mol. The fourth-order valence-electron chi connectivity index (χ4n) is 1.01. The molecular formula is C10H14OS. The van der Waals surface area contributed by atoms with E-state index in [4.69, 9.17) is 0 Å². The lowest BCUT2D eigenvalue weighted by molar-refractivity contribution is 0.676. The van der Waals surface area contributed by atoms with E-state index in [-0.39, 0.29) is 5.25 Å². The van der Waals surface area contributed by atoms with Crippen molar-refractivity contribution in [3.8, 4) is 0 Å². The summed E-state index contributed by atoms with van der Waals surface area (Å²) in [7, 11) is -0.845. The number of aryl methyl sites for hydroxylation is 1. The summed E-state index contributed by atoms with van der Waals surface area (Å²) >= 11 is 0. The van der Waals surface area contributed by atoms with Gasteiger partial charge in [0.2, 0.25) is 0 Å². The lowest BCUT2D eigenvalue weighted by Crippen LogP contribution is -2.05. The number of benzene rings is 1. The van der Waals surface area contributed by atoms with Crippen LogP contribution in [0.1, 0.15) is 19.4 Å². The maximum Gasteiger partial charge on any atom is 0.0555 e. The molecule has 0 saturated heterocycles. The molecule has 66 valence electrons. The molecule has 12 heavy (non-hydrogen) atoms. The van der Waals surface area contributed by atoms with E-state index < -0.39 is 10.8 Å². The molecule has 0 amide bonds. The summed E-state index contributed by atoms with van der Waals surface area (Å²) < 4.78 is 11.6. The molecule has 0 saturated carbocycles. The van der Waals surface area contributed by atoms with Crippen LogP contribution in [0.2, 0.25) is 0 Å². The highest BCUT2D eigenvalue weighted by atomic mass is 32.2. The quantitative estimate of drug-likeness (QED) is 0.687. The van der Waals surface area contributed by atoms with Gasteiger partial charge in [-0.3, -0.25) is 4.21 Å². The topological polar surface area (TPSA) is 17.1 Å². The fourth-order valence-corrected chi connectivity index (χ4v) is 2.07. The van der Waals surface area contributed by atoms with Crippen molar-refractivity contribution in [2.24, 2.45) is 0 Å². The van der Waals surface area contributed by atoms with Crippen molar-refractivity contribution in [1.29, 1.82) is 0 Å². The van der Waals surface area contributed by atoms with Gasteiger partial charge in [0.05, 0.1) is 10.8 Å². The zero-order valence-corrected chi connectivity index (χ0v) is 8.52. The first-order valence-corrected chi connectivity index (χ1v) is 5.30. The van der Waals surface area contributed by atoms with Crippen molar-refractivity contribution < 1.29 is 4.21 Å². The first-order chi connectivity index (χ1) is 5.61. The highest BCUT2D eigenvalue weighted by Crippen LogP contribution is 2.12. The molecule has 0 aromatic heterocycles. The summed E-state index contributed by atoms with van der Waals surface area (Å²) in [5.74, 6) is 0. The molecule has 0 unspecified atom stereocenters. The predicted octanol–water partition coefficient (Wildman–Crippen LogP) is 2.51. The van der Waals surface area contributed by atoms with Crippen LogP contribution in [0.15, 0.2) is 29.2 Å². The minimum atomic E-state index is -0.845. The van der Waals surface area contributed by atoms with Crippen molar-refractivity contribution >= 4 is 10.8 Å². The molecule has 1 aromatic rings. The van der Waals surface area contributed by atoms with Gasteiger partial charge in [0.1, 0.15) is 0 Å². The van der Waals surface area contributed by atoms with E-state index in [1.165, 1.54) is 5.56 Å². The van der Waals surface area contributed by atoms with Crippen molar-refractivity contribution in [3.63, 3.8) is 0 Å². The average Bonchev–Trinajstić information content (AvgIpc) is 2.03. The summed E-state index contributed by atoms with van der Waals surface area (Å²) in [6.07, 6.45) is 0. The highest BCUT2D eigenvalue weighted by Gasteiger charge is 2.07. The van der Waals surface area contributed by atoms with Gasteiger partial charge in [0.15, 0.2) is 0 Å². The Labute approximate surface area is 76.3 Å². The minimum absolute atomic E-state index is 0.201. The summed E-state index contributed by atoms with van der Waals surface area (Å²) in [6.45, 7) is 5.96. The van der Waals surface area contributed by atoms with Gasteiger partial charge >= 0.3 is 0 Å². The van der Waals surface area contributed by atoms with Crippen LogP contribution < -0.4 is 0 Å². The Hall–Kier alpha value is -0.630. The van der Waals surface area contributed by atoms with E-state index in [1.807, 2.05) is 45.0 Å². The lowest BCUT2D eigenvalue weighted by atomic mass is 10.2. The Balaban J connectivity index is 2.96. The Bertz CT molecular complexity index is 292. The van der Waals surface area contributed by atoms with E-state index in [1.54, 1.807) is 0 Å². The second-order valence-electron chi connectivity index (χ2n) is 3.16. The smallest absolute Gasteiger partial charge is 0.0555 e. The van der Waals surface area contributed by atoms with E-state index in [0.717, 1.165) is 4.90 Å². The van der Waals surface area contributed by atoms with E-state index in [0.29, 0.717) is 0 Å². The first kappa shape index (κ1) is 9.46. The molecule has 0 N–H and O–H groups in total. The summed E-state index contributed by atoms with van der Waals surface area (Å²) in [5.41, 5.74) is 1.17. The number of hydrogen-bond acceptors (Lipinski definition) is 1. The van der Waals surface area contributed by atoms with Crippen LogP contribution in [0.25, 0.3) is 0 Å². The second kappa shape index (κ2) is 3.85. The zero-order chi connectivity index (χ0) is 9.14. The first-order valence-electron chi connectivity index (χ1n) is 4.08. The molecule has 0 aliphatic heterocycles. The van der Waals surface area contributed by atoms with Gasteiger partial charge in [-0.1, -0.05) is 26.0 Å². The monoisotopic (exact) mass is 182 g/mol. The van der Waals surface area contributed by atoms with E-state index >= 15 is 0 Å². The highest BCUT2D eigenvalue weighted by molar-refractivity contribution is 7.85. The zero-order valence-electron chi connectivity index (χ0n) is 7.70. The van der Waals surface area contributed by atoms with Gasteiger partial charge in [0, 0.05) is 10.1 Å². The summed E-state index contributed by atoms with van der Waals surface area (Å²) in [6, 6.07) is 7.87. The molecule has 2 heteroatoms. The summed E-state index contributed by atoms with van der Waals surface area (Å²) in [5, 5.41) is 0.201. The Morgan fingerprint density at radius 3 is 2.50 bits per heavy atom. The molecule has 1 rings (SSSR count). The number of rotatable bonds is 2.